The molecule has 0 saturated heterocycles. The number of aliphatic imine (C=N–C) groups is 1. The molecule has 0 atom stereocenters. The molecule has 1 nitrogen and oxygen atoms in total. The highest BCUT2D eigenvalue weighted by Gasteiger charge is 2.01. The molecule has 0 fully saturated rings. The van der Waals surface area contributed by atoms with Crippen molar-refractivity contribution >= 4 is 22.7 Å². The van der Waals surface area contributed by atoms with E-state index >= 15 is 0 Å². The Morgan fingerprint density at radius 3 is 2.73 bits per heavy atom. The standard InChI is InChI=1S/C14H13N/c1-3-10-15-14-11(2)8-9-12-6-4-5-7-13(12)14/h3-10H,1H2,2H3. The summed E-state index contributed by atoms with van der Waals surface area (Å²) in [5, 5.41) is 2.41. The summed E-state index contributed by atoms with van der Waals surface area (Å²) < 4.78 is 0. The Labute approximate surface area is 89.8 Å². The van der Waals surface area contributed by atoms with Crippen LogP contribution in [-0.4, -0.2) is 6.21 Å². The molecule has 0 heterocycles. The zero-order chi connectivity index (χ0) is 10.7. The molecule has 0 radical (unpaired) electrons. The molecule has 0 aliphatic carbocycles. The predicted molar refractivity (Wildman–Crippen MR) is 67.0 cm³/mol. The van der Waals surface area contributed by atoms with Gasteiger partial charge in [-0.2, -0.15) is 0 Å². The minimum Gasteiger partial charge on any atom is -0.256 e. The van der Waals surface area contributed by atoms with Crippen LogP contribution >= 0.6 is 0 Å². The second kappa shape index (κ2) is 4.09. The van der Waals surface area contributed by atoms with Gasteiger partial charge in [-0.1, -0.05) is 49.1 Å². The van der Waals surface area contributed by atoms with Crippen molar-refractivity contribution in [2.75, 3.05) is 0 Å². The molecular formula is C14H13N. The molecule has 0 amide bonds. The molecule has 2 rings (SSSR count). The van der Waals surface area contributed by atoms with E-state index in [1.807, 2.05) is 12.1 Å². The predicted octanol–water partition coefficient (Wildman–Crippen LogP) is 4.04. The topological polar surface area (TPSA) is 12.4 Å². The summed E-state index contributed by atoms with van der Waals surface area (Å²) in [6, 6.07) is 12.5. The van der Waals surface area contributed by atoms with Crippen LogP contribution in [-0.2, 0) is 0 Å². The fourth-order valence-electron chi connectivity index (χ4n) is 1.66. The van der Waals surface area contributed by atoms with Crippen LogP contribution in [0.3, 0.4) is 0 Å². The summed E-state index contributed by atoms with van der Waals surface area (Å²) in [5.74, 6) is 0. The summed E-state index contributed by atoms with van der Waals surface area (Å²) in [6.07, 6.45) is 3.43. The molecule has 0 aromatic heterocycles. The monoisotopic (exact) mass is 195 g/mol. The summed E-state index contributed by atoms with van der Waals surface area (Å²) in [5.41, 5.74) is 2.22. The van der Waals surface area contributed by atoms with E-state index in [0.717, 1.165) is 5.69 Å². The molecule has 0 aliphatic rings. The maximum absolute atomic E-state index is 4.41. The SMILES string of the molecule is C=CC=Nc1c(C)ccc2ccccc12. The normalized spacial score (nSPS) is 11.0. The Morgan fingerprint density at radius 1 is 1.13 bits per heavy atom. The Bertz CT molecular complexity index is 524. The Hall–Kier alpha value is -1.89. The lowest BCUT2D eigenvalue weighted by Crippen LogP contribution is -1.79. The summed E-state index contributed by atoms with van der Waals surface area (Å²) in [7, 11) is 0. The molecule has 0 unspecified atom stereocenters. The third kappa shape index (κ3) is 1.82. The van der Waals surface area contributed by atoms with Gasteiger partial charge in [0, 0.05) is 11.6 Å². The van der Waals surface area contributed by atoms with Crippen LogP contribution in [0.25, 0.3) is 10.8 Å². The maximum Gasteiger partial charge on any atom is 0.0737 e. The number of hydrogen-bond donors (Lipinski definition) is 0. The van der Waals surface area contributed by atoms with E-state index < -0.39 is 0 Å². The van der Waals surface area contributed by atoms with Gasteiger partial charge in [-0.3, -0.25) is 4.99 Å². The quantitative estimate of drug-likeness (QED) is 0.641. The largest absolute Gasteiger partial charge is 0.256 e. The smallest absolute Gasteiger partial charge is 0.0737 e. The van der Waals surface area contributed by atoms with Crippen LogP contribution in [0.4, 0.5) is 5.69 Å². The van der Waals surface area contributed by atoms with Crippen molar-refractivity contribution in [1.82, 2.24) is 0 Å². The lowest BCUT2D eigenvalue weighted by Gasteiger charge is -2.04. The van der Waals surface area contributed by atoms with Gasteiger partial charge < -0.3 is 0 Å². The van der Waals surface area contributed by atoms with E-state index in [1.54, 1.807) is 12.3 Å². The molecule has 15 heavy (non-hydrogen) atoms. The molecule has 74 valence electrons. The van der Waals surface area contributed by atoms with Crippen LogP contribution in [0.1, 0.15) is 5.56 Å². The van der Waals surface area contributed by atoms with Gasteiger partial charge in [0.15, 0.2) is 0 Å². The van der Waals surface area contributed by atoms with Crippen molar-refractivity contribution < 1.29 is 0 Å². The average Bonchev–Trinajstić information content (AvgIpc) is 2.28. The van der Waals surface area contributed by atoms with Gasteiger partial charge in [-0.05, 0) is 17.9 Å². The van der Waals surface area contributed by atoms with Crippen LogP contribution < -0.4 is 0 Å². The lowest BCUT2D eigenvalue weighted by atomic mass is 10.1. The Kier molecular flexibility index (Phi) is 2.64. The summed E-state index contributed by atoms with van der Waals surface area (Å²) in [6.45, 7) is 5.71. The fraction of sp³-hybridized carbons (Fsp3) is 0.0714. The molecule has 0 spiro atoms. The van der Waals surface area contributed by atoms with E-state index in [9.17, 15) is 0 Å². The first-order chi connectivity index (χ1) is 7.33. The van der Waals surface area contributed by atoms with Crippen LogP contribution in [0.2, 0.25) is 0 Å². The van der Waals surface area contributed by atoms with Crippen molar-refractivity contribution in [3.8, 4) is 0 Å². The highest BCUT2D eigenvalue weighted by molar-refractivity contribution is 5.95. The van der Waals surface area contributed by atoms with E-state index in [4.69, 9.17) is 0 Å². The second-order valence-electron chi connectivity index (χ2n) is 3.47. The molecule has 0 saturated carbocycles. The van der Waals surface area contributed by atoms with Crippen LogP contribution in [0.15, 0.2) is 54.0 Å². The van der Waals surface area contributed by atoms with Crippen LogP contribution in [0.5, 0.6) is 0 Å². The number of nitrogens with zero attached hydrogens (tertiary/aromatic N) is 1. The van der Waals surface area contributed by atoms with E-state index in [0.29, 0.717) is 0 Å². The van der Waals surface area contributed by atoms with Crippen LogP contribution in [0, 0.1) is 6.92 Å². The molecular weight excluding hydrogens is 182 g/mol. The van der Waals surface area contributed by atoms with Gasteiger partial charge >= 0.3 is 0 Å². The Morgan fingerprint density at radius 2 is 1.93 bits per heavy atom. The number of fused-ring (bicyclic) bond motifs is 1. The van der Waals surface area contributed by atoms with Gasteiger partial charge in [0.05, 0.1) is 5.69 Å². The van der Waals surface area contributed by atoms with Crippen molar-refractivity contribution in [3.05, 3.63) is 54.6 Å². The van der Waals surface area contributed by atoms with Crippen molar-refractivity contribution in [1.29, 1.82) is 0 Å². The highest BCUT2D eigenvalue weighted by atomic mass is 14.7. The maximum atomic E-state index is 4.41. The number of allylic oxidation sites excluding steroid dienone is 1. The Balaban J connectivity index is 2.73. The third-order valence-electron chi connectivity index (χ3n) is 2.41. The minimum atomic E-state index is 1.04. The molecule has 0 aliphatic heterocycles. The van der Waals surface area contributed by atoms with Crippen molar-refractivity contribution in [2.45, 2.75) is 6.92 Å². The van der Waals surface area contributed by atoms with E-state index in [1.165, 1.54) is 16.3 Å². The molecule has 0 bridgehead atoms. The zero-order valence-corrected chi connectivity index (χ0v) is 8.77. The summed E-state index contributed by atoms with van der Waals surface area (Å²) in [4.78, 5) is 4.41. The van der Waals surface area contributed by atoms with Gasteiger partial charge in [-0.15, -0.1) is 0 Å². The first-order valence-corrected chi connectivity index (χ1v) is 4.96. The molecule has 1 heteroatoms. The van der Waals surface area contributed by atoms with Crippen molar-refractivity contribution in [2.24, 2.45) is 4.99 Å². The van der Waals surface area contributed by atoms with Gasteiger partial charge in [0.2, 0.25) is 0 Å². The summed E-state index contributed by atoms with van der Waals surface area (Å²) >= 11 is 0. The highest BCUT2D eigenvalue weighted by Crippen LogP contribution is 2.29. The zero-order valence-electron chi connectivity index (χ0n) is 8.77. The number of aryl methyl sites for hydroxylation is 1. The molecule has 2 aromatic carbocycles. The van der Waals surface area contributed by atoms with Crippen molar-refractivity contribution in [3.63, 3.8) is 0 Å². The second-order valence-corrected chi connectivity index (χ2v) is 3.47. The third-order valence-corrected chi connectivity index (χ3v) is 2.41. The average molecular weight is 195 g/mol. The number of hydrogen-bond acceptors (Lipinski definition) is 1. The van der Waals surface area contributed by atoms with E-state index in [-0.39, 0.29) is 0 Å². The molecule has 0 N–H and O–H groups in total. The number of rotatable bonds is 2. The van der Waals surface area contributed by atoms with Gasteiger partial charge in [0.1, 0.15) is 0 Å². The van der Waals surface area contributed by atoms with E-state index in [2.05, 4.69) is 42.8 Å². The van der Waals surface area contributed by atoms with Gasteiger partial charge in [0.25, 0.3) is 0 Å². The molecule has 2 aromatic rings. The first-order valence-electron chi connectivity index (χ1n) is 4.96. The van der Waals surface area contributed by atoms with Gasteiger partial charge in [-0.25, -0.2) is 0 Å². The first kappa shape index (κ1) is 9.66. The lowest BCUT2D eigenvalue weighted by molar-refractivity contribution is 1.44. The fourth-order valence-corrected chi connectivity index (χ4v) is 1.66. The number of benzene rings is 2. The minimum absolute atomic E-state index is 1.04.